The van der Waals surface area contributed by atoms with Gasteiger partial charge in [-0.05, 0) is 64.6 Å². The molecule has 0 aliphatic carbocycles. The molecule has 7 heteroatoms. The predicted octanol–water partition coefficient (Wildman–Crippen LogP) is 6.91. The summed E-state index contributed by atoms with van der Waals surface area (Å²) in [5.41, 5.74) is 1.18. The van der Waals surface area contributed by atoms with Crippen molar-refractivity contribution >= 4 is 29.6 Å². The van der Waals surface area contributed by atoms with Crippen LogP contribution in [0.15, 0.2) is 42.0 Å². The highest BCUT2D eigenvalue weighted by molar-refractivity contribution is 5.86. The second-order valence-corrected chi connectivity index (χ2v) is 7.10. The minimum absolute atomic E-state index is 0.289. The topological polar surface area (TPSA) is 83.0 Å². The quantitative estimate of drug-likeness (QED) is 0.352. The van der Waals surface area contributed by atoms with Crippen LogP contribution in [-0.4, -0.2) is 45.0 Å². The summed E-state index contributed by atoms with van der Waals surface area (Å²) in [6.07, 6.45) is 4.61. The normalized spacial score (nSPS) is 9.09. The second kappa shape index (κ2) is 25.4. The Morgan fingerprint density at radius 1 is 1.12 bits per heavy atom. The third-order valence-corrected chi connectivity index (χ3v) is 3.01. The number of benzene rings is 1. The molecule has 7 nitrogen and oxygen atoms in total. The molecule has 192 valence electrons. The van der Waals surface area contributed by atoms with Crippen LogP contribution in [0.25, 0.3) is 0 Å². The lowest BCUT2D eigenvalue weighted by atomic mass is 10.2. The summed E-state index contributed by atoms with van der Waals surface area (Å²) >= 11 is 0. The summed E-state index contributed by atoms with van der Waals surface area (Å²) in [4.78, 5) is 27.4. The monoisotopic (exact) mass is 466 g/mol. The molecule has 0 saturated carbocycles. The van der Waals surface area contributed by atoms with Crippen LogP contribution >= 0.6 is 0 Å². The molecule has 2 N–H and O–H groups in total. The molecule has 0 aliphatic heterocycles. The van der Waals surface area contributed by atoms with Crippen molar-refractivity contribution in [3.63, 3.8) is 0 Å². The van der Waals surface area contributed by atoms with Gasteiger partial charge in [0.05, 0.1) is 6.34 Å². The molecule has 0 radical (unpaired) electrons. The van der Waals surface area contributed by atoms with Crippen molar-refractivity contribution < 1.29 is 14.3 Å². The van der Waals surface area contributed by atoms with Gasteiger partial charge in [-0.25, -0.2) is 4.79 Å². The average molecular weight is 467 g/mol. The van der Waals surface area contributed by atoms with E-state index in [9.17, 15) is 9.59 Å². The number of ketones is 1. The number of nitrogens with zero attached hydrogens (tertiary/aromatic N) is 2. The largest absolute Gasteiger partial charge is 0.444 e. The fourth-order valence-electron chi connectivity index (χ4n) is 1.79. The minimum Gasteiger partial charge on any atom is -0.444 e. The summed E-state index contributed by atoms with van der Waals surface area (Å²) < 4.78 is 5.18. The summed E-state index contributed by atoms with van der Waals surface area (Å²) in [6, 6.07) is 7.43. The van der Waals surface area contributed by atoms with E-state index in [-0.39, 0.29) is 5.78 Å². The van der Waals surface area contributed by atoms with Crippen molar-refractivity contribution in [3.05, 3.63) is 37.0 Å². The summed E-state index contributed by atoms with van der Waals surface area (Å²) in [6.45, 7) is 20.5. The first kappa shape index (κ1) is 37.5. The van der Waals surface area contributed by atoms with Gasteiger partial charge in [0.1, 0.15) is 11.4 Å². The zero-order valence-electron chi connectivity index (χ0n) is 23.2. The molecule has 0 heterocycles. The number of amides is 1. The van der Waals surface area contributed by atoms with Crippen molar-refractivity contribution in [3.8, 4) is 0 Å². The molecule has 1 aromatic rings. The Kier molecular flexibility index (Phi) is 28.9. The number of rotatable bonds is 6. The van der Waals surface area contributed by atoms with E-state index in [4.69, 9.17) is 4.74 Å². The lowest BCUT2D eigenvalue weighted by Crippen LogP contribution is -2.27. The molecular weight excluding hydrogens is 416 g/mol. The lowest BCUT2D eigenvalue weighted by molar-refractivity contribution is -0.117. The number of nitrogens with one attached hydrogen (secondary N) is 2. The average Bonchev–Trinajstić information content (AvgIpc) is 2.76. The Morgan fingerprint density at radius 2 is 1.58 bits per heavy atom. The van der Waals surface area contributed by atoms with Crippen LogP contribution in [0, 0.1) is 0 Å². The maximum absolute atomic E-state index is 11.6. The number of carbonyl (C=O) groups excluding carboxylic acids is 2. The second-order valence-electron chi connectivity index (χ2n) is 7.10. The van der Waals surface area contributed by atoms with Gasteiger partial charge in [-0.2, -0.15) is 0 Å². The molecule has 0 unspecified atom stereocenters. The molecule has 33 heavy (non-hydrogen) atoms. The molecule has 0 aliphatic rings. The van der Waals surface area contributed by atoms with Crippen LogP contribution in [0.2, 0.25) is 0 Å². The minimum atomic E-state index is -0.498. The number of hydrogen-bond acceptors (Lipinski definition) is 5. The van der Waals surface area contributed by atoms with Crippen LogP contribution in [0.3, 0.4) is 0 Å². The van der Waals surface area contributed by atoms with E-state index in [0.29, 0.717) is 5.69 Å². The molecule has 0 fully saturated rings. The van der Waals surface area contributed by atoms with Crippen molar-refractivity contribution in [2.45, 2.75) is 80.8 Å². The SMILES string of the molecule is C=CNC.CC.CC.CCCC(C)=O.CN=CN(C)c1ccc(NC(=O)OC(C)(C)C)cc1. The zero-order chi connectivity index (χ0) is 26.9. The first-order chi connectivity index (χ1) is 15.5. The number of aliphatic imine (C=N–C) groups is 1. The number of hydrogen-bond donors (Lipinski definition) is 2. The highest BCUT2D eigenvalue weighted by atomic mass is 16.6. The van der Waals surface area contributed by atoms with E-state index < -0.39 is 11.7 Å². The maximum atomic E-state index is 11.6. The maximum Gasteiger partial charge on any atom is 0.412 e. The Morgan fingerprint density at radius 3 is 1.85 bits per heavy atom. The van der Waals surface area contributed by atoms with Crippen LogP contribution in [0.5, 0.6) is 0 Å². The third-order valence-electron chi connectivity index (χ3n) is 3.01. The summed E-state index contributed by atoms with van der Waals surface area (Å²) in [5, 5.41) is 5.38. The number of Topliss-reactive ketones (excluding diaryl/α,β-unsaturated/α-hetero) is 1. The Hall–Kier alpha value is -2.83. The molecule has 1 amide bonds. The smallest absolute Gasteiger partial charge is 0.412 e. The van der Waals surface area contributed by atoms with Gasteiger partial charge < -0.3 is 19.7 Å². The van der Waals surface area contributed by atoms with E-state index in [1.807, 2.05) is 98.7 Å². The van der Waals surface area contributed by atoms with Crippen molar-refractivity contribution in [1.29, 1.82) is 0 Å². The van der Waals surface area contributed by atoms with E-state index >= 15 is 0 Å². The first-order valence-corrected chi connectivity index (χ1v) is 11.5. The highest BCUT2D eigenvalue weighted by Crippen LogP contribution is 2.17. The molecule has 1 aromatic carbocycles. The molecule has 0 aromatic heterocycles. The summed E-state index contributed by atoms with van der Waals surface area (Å²) in [5.74, 6) is 0.289. The van der Waals surface area contributed by atoms with E-state index in [1.54, 1.807) is 26.5 Å². The van der Waals surface area contributed by atoms with Gasteiger partial charge in [-0.3, -0.25) is 10.3 Å². The van der Waals surface area contributed by atoms with Crippen LogP contribution in [0.1, 0.15) is 75.2 Å². The Bertz CT molecular complexity index is 621. The van der Waals surface area contributed by atoms with Gasteiger partial charge in [0, 0.05) is 38.9 Å². The van der Waals surface area contributed by atoms with E-state index in [1.165, 1.54) is 0 Å². The van der Waals surface area contributed by atoms with E-state index in [2.05, 4.69) is 22.2 Å². The van der Waals surface area contributed by atoms with Crippen molar-refractivity contribution in [1.82, 2.24) is 5.32 Å². The van der Waals surface area contributed by atoms with Gasteiger partial charge in [0.25, 0.3) is 0 Å². The first-order valence-electron chi connectivity index (χ1n) is 11.5. The molecule has 1 rings (SSSR count). The van der Waals surface area contributed by atoms with E-state index in [0.717, 1.165) is 18.5 Å². The third kappa shape index (κ3) is 29.2. The van der Waals surface area contributed by atoms with Gasteiger partial charge in [-0.1, -0.05) is 41.2 Å². The molecular formula is C26H50N4O3. The van der Waals surface area contributed by atoms with Crippen LogP contribution in [-0.2, 0) is 9.53 Å². The van der Waals surface area contributed by atoms with Crippen molar-refractivity contribution in [2.75, 3.05) is 31.4 Å². The molecule has 0 spiro atoms. The number of ether oxygens (including phenoxy) is 1. The highest BCUT2D eigenvalue weighted by Gasteiger charge is 2.16. The summed E-state index contributed by atoms with van der Waals surface area (Å²) in [7, 11) is 5.44. The van der Waals surface area contributed by atoms with Gasteiger partial charge >= 0.3 is 6.09 Å². The molecule has 0 bridgehead atoms. The Balaban J connectivity index is -0.000000248. The van der Waals surface area contributed by atoms with Gasteiger partial charge in [0.15, 0.2) is 0 Å². The van der Waals surface area contributed by atoms with Crippen molar-refractivity contribution in [2.24, 2.45) is 4.99 Å². The molecule has 0 saturated heterocycles. The standard InChI is InChI=1S/C14H21N3O2.C5H10O.C3H7N.2C2H6/c1-14(2,3)19-13(18)16-11-6-8-12(9-7-11)17(5)10-15-4;1-3-4-5(2)6;1-3-4-2;2*1-2/h6-10H,1-5H3,(H,16,18);3-4H2,1-2H3;3-4H,1H2,2H3;2*1-2H3. The van der Waals surface area contributed by atoms with Gasteiger partial charge in [0.2, 0.25) is 0 Å². The number of anilines is 2. The number of carbonyl (C=O) groups is 2. The van der Waals surface area contributed by atoms with Crippen LogP contribution in [0.4, 0.5) is 16.2 Å². The van der Waals surface area contributed by atoms with Crippen LogP contribution < -0.4 is 15.5 Å². The predicted molar refractivity (Wildman–Crippen MR) is 147 cm³/mol. The lowest BCUT2D eigenvalue weighted by Gasteiger charge is -2.20. The fourth-order valence-corrected chi connectivity index (χ4v) is 1.79. The Labute approximate surface area is 203 Å². The zero-order valence-corrected chi connectivity index (χ0v) is 23.2. The molecule has 0 atom stereocenters. The fraction of sp³-hybridized carbons (Fsp3) is 0.577. The van der Waals surface area contributed by atoms with Gasteiger partial charge in [-0.15, -0.1) is 0 Å².